The van der Waals surface area contributed by atoms with Crippen LogP contribution in [-0.2, 0) is 4.74 Å². The van der Waals surface area contributed by atoms with Gasteiger partial charge in [-0.25, -0.2) is 4.98 Å². The fraction of sp³-hybridized carbons (Fsp3) is 0.261. The molecule has 7 heteroatoms. The number of rotatable bonds is 5. The van der Waals surface area contributed by atoms with Gasteiger partial charge in [-0.05, 0) is 54.8 Å². The largest absolute Gasteiger partial charge is 0.507 e. The highest BCUT2D eigenvalue weighted by atomic mass is 35.5. The third-order valence-corrected chi connectivity index (χ3v) is 5.54. The Labute approximate surface area is 179 Å². The predicted molar refractivity (Wildman–Crippen MR) is 115 cm³/mol. The van der Waals surface area contributed by atoms with E-state index in [2.05, 4.69) is 5.32 Å². The number of aromatic hydroxyl groups is 1. The molecule has 0 saturated carbocycles. The summed E-state index contributed by atoms with van der Waals surface area (Å²) in [6.07, 6.45) is 2.29. The molecule has 2 aromatic carbocycles. The lowest BCUT2D eigenvalue weighted by molar-refractivity contribution is 0.120. The molecule has 3 heterocycles. The standard InChI is InChI=1S/C23H21ClN2O4/c24-15-6-7-20(27)18(11-15)19-9-14(17-4-1-5-21-23(17)30-13-29-21)10-22(26-19)25-12-16-3-2-8-28-16/h1,4-7,9-11,16,27H,2-3,8,12-13H2,(H,25,26). The molecule has 1 atom stereocenters. The summed E-state index contributed by atoms with van der Waals surface area (Å²) in [7, 11) is 0. The molecule has 0 spiro atoms. The first-order valence-electron chi connectivity index (χ1n) is 9.93. The smallest absolute Gasteiger partial charge is 0.231 e. The monoisotopic (exact) mass is 424 g/mol. The maximum absolute atomic E-state index is 10.4. The lowest BCUT2D eigenvalue weighted by atomic mass is 10.0. The summed E-state index contributed by atoms with van der Waals surface area (Å²) in [4.78, 5) is 4.73. The minimum atomic E-state index is 0.118. The van der Waals surface area contributed by atoms with Crippen molar-refractivity contribution >= 4 is 17.4 Å². The van der Waals surface area contributed by atoms with Crippen molar-refractivity contribution in [3.8, 4) is 39.6 Å². The van der Waals surface area contributed by atoms with Gasteiger partial charge in [0, 0.05) is 29.3 Å². The number of halogens is 1. The zero-order valence-electron chi connectivity index (χ0n) is 16.2. The molecule has 0 amide bonds. The lowest BCUT2D eigenvalue weighted by Gasteiger charge is -2.15. The second-order valence-corrected chi connectivity index (χ2v) is 7.78. The Kier molecular flexibility index (Phi) is 5.11. The van der Waals surface area contributed by atoms with E-state index in [4.69, 9.17) is 30.8 Å². The molecule has 0 radical (unpaired) electrons. The van der Waals surface area contributed by atoms with Crippen molar-refractivity contribution in [1.29, 1.82) is 0 Å². The summed E-state index contributed by atoms with van der Waals surface area (Å²) in [5.74, 6) is 2.22. The van der Waals surface area contributed by atoms with Gasteiger partial charge < -0.3 is 24.6 Å². The molecule has 2 aliphatic heterocycles. The number of hydrogen-bond acceptors (Lipinski definition) is 6. The third kappa shape index (κ3) is 3.76. The topological polar surface area (TPSA) is 72.8 Å². The van der Waals surface area contributed by atoms with Crippen LogP contribution in [0.4, 0.5) is 5.82 Å². The van der Waals surface area contributed by atoms with Crippen LogP contribution in [0.2, 0.25) is 5.02 Å². The molecule has 2 aliphatic rings. The van der Waals surface area contributed by atoms with Gasteiger partial charge in [-0.2, -0.15) is 0 Å². The zero-order chi connectivity index (χ0) is 20.5. The lowest BCUT2D eigenvalue weighted by Crippen LogP contribution is -2.19. The van der Waals surface area contributed by atoms with Crippen LogP contribution < -0.4 is 14.8 Å². The molecule has 0 aliphatic carbocycles. The normalized spacial score (nSPS) is 17.3. The van der Waals surface area contributed by atoms with Gasteiger partial charge in [-0.3, -0.25) is 0 Å². The number of para-hydroxylation sites is 1. The Morgan fingerprint density at radius 3 is 2.90 bits per heavy atom. The summed E-state index contributed by atoms with van der Waals surface area (Å²) in [6, 6.07) is 14.6. The van der Waals surface area contributed by atoms with Gasteiger partial charge in [0.25, 0.3) is 0 Å². The number of ether oxygens (including phenoxy) is 3. The van der Waals surface area contributed by atoms with Gasteiger partial charge in [0.1, 0.15) is 11.6 Å². The Morgan fingerprint density at radius 1 is 1.10 bits per heavy atom. The second-order valence-electron chi connectivity index (χ2n) is 7.34. The number of nitrogens with zero attached hydrogens (tertiary/aromatic N) is 1. The molecule has 0 bridgehead atoms. The number of phenolic OH excluding ortho intramolecular Hbond substituents is 1. The van der Waals surface area contributed by atoms with Crippen LogP contribution >= 0.6 is 11.6 Å². The third-order valence-electron chi connectivity index (χ3n) is 5.30. The van der Waals surface area contributed by atoms with E-state index in [0.29, 0.717) is 40.1 Å². The Balaban J connectivity index is 1.58. The van der Waals surface area contributed by atoms with E-state index in [9.17, 15) is 5.11 Å². The molecule has 1 saturated heterocycles. The van der Waals surface area contributed by atoms with E-state index in [-0.39, 0.29) is 18.6 Å². The van der Waals surface area contributed by atoms with Crippen molar-refractivity contribution in [1.82, 2.24) is 4.98 Å². The van der Waals surface area contributed by atoms with E-state index in [1.54, 1.807) is 18.2 Å². The van der Waals surface area contributed by atoms with Gasteiger partial charge >= 0.3 is 0 Å². The molecular weight excluding hydrogens is 404 g/mol. The Bertz CT molecular complexity index is 1080. The number of aromatic nitrogens is 1. The molecule has 3 aromatic rings. The minimum Gasteiger partial charge on any atom is -0.507 e. The zero-order valence-corrected chi connectivity index (χ0v) is 17.0. The number of phenols is 1. The van der Waals surface area contributed by atoms with Gasteiger partial charge in [0.05, 0.1) is 11.8 Å². The van der Waals surface area contributed by atoms with Gasteiger partial charge in [0.15, 0.2) is 11.5 Å². The van der Waals surface area contributed by atoms with Crippen LogP contribution in [0.15, 0.2) is 48.5 Å². The summed E-state index contributed by atoms with van der Waals surface area (Å²) in [6.45, 7) is 1.67. The first-order chi connectivity index (χ1) is 14.7. The second kappa shape index (κ2) is 8.05. The number of fused-ring (bicyclic) bond motifs is 1. The van der Waals surface area contributed by atoms with Crippen LogP contribution in [-0.4, -0.2) is 36.1 Å². The summed E-state index contributed by atoms with van der Waals surface area (Å²) in [5.41, 5.74) is 2.97. The van der Waals surface area contributed by atoms with Crippen LogP contribution in [0, 0.1) is 0 Å². The van der Waals surface area contributed by atoms with Crippen molar-refractivity contribution in [2.45, 2.75) is 18.9 Å². The van der Waals surface area contributed by atoms with Gasteiger partial charge in [-0.1, -0.05) is 23.7 Å². The van der Waals surface area contributed by atoms with E-state index in [0.717, 1.165) is 30.6 Å². The average Bonchev–Trinajstić information content (AvgIpc) is 3.45. The highest BCUT2D eigenvalue weighted by Crippen LogP contribution is 2.43. The fourth-order valence-electron chi connectivity index (χ4n) is 3.81. The molecule has 6 nitrogen and oxygen atoms in total. The SMILES string of the molecule is Oc1ccc(Cl)cc1-c1cc(-c2cccc3c2OCO3)cc(NCC2CCCO2)n1. The number of nitrogens with one attached hydrogen (secondary N) is 1. The molecule has 5 rings (SSSR count). The van der Waals surface area contributed by atoms with E-state index >= 15 is 0 Å². The minimum absolute atomic E-state index is 0.118. The van der Waals surface area contributed by atoms with Crippen molar-refractivity contribution in [2.24, 2.45) is 0 Å². The first kappa shape index (κ1) is 19.0. The summed E-state index contributed by atoms with van der Waals surface area (Å²) in [5, 5.41) is 14.3. The van der Waals surface area contributed by atoms with E-state index in [1.807, 2.05) is 30.3 Å². The number of pyridine rings is 1. The molecule has 2 N–H and O–H groups in total. The van der Waals surface area contributed by atoms with Crippen LogP contribution in [0.3, 0.4) is 0 Å². The average molecular weight is 425 g/mol. The van der Waals surface area contributed by atoms with Gasteiger partial charge in [0.2, 0.25) is 6.79 Å². The van der Waals surface area contributed by atoms with Crippen LogP contribution in [0.5, 0.6) is 17.2 Å². The van der Waals surface area contributed by atoms with E-state index < -0.39 is 0 Å². The van der Waals surface area contributed by atoms with Crippen molar-refractivity contribution in [3.63, 3.8) is 0 Å². The maximum atomic E-state index is 10.4. The fourth-order valence-corrected chi connectivity index (χ4v) is 3.98. The Hall–Kier alpha value is -2.96. The van der Waals surface area contributed by atoms with Crippen LogP contribution in [0.25, 0.3) is 22.4 Å². The highest BCUT2D eigenvalue weighted by molar-refractivity contribution is 6.31. The van der Waals surface area contributed by atoms with Crippen LogP contribution in [0.1, 0.15) is 12.8 Å². The first-order valence-corrected chi connectivity index (χ1v) is 10.3. The Morgan fingerprint density at radius 2 is 2.03 bits per heavy atom. The maximum Gasteiger partial charge on any atom is 0.231 e. The van der Waals surface area contributed by atoms with Gasteiger partial charge in [-0.15, -0.1) is 0 Å². The highest BCUT2D eigenvalue weighted by Gasteiger charge is 2.21. The molecule has 154 valence electrons. The van der Waals surface area contributed by atoms with E-state index in [1.165, 1.54) is 0 Å². The predicted octanol–water partition coefficient (Wildman–Crippen LogP) is 5.09. The molecule has 1 aromatic heterocycles. The van der Waals surface area contributed by atoms with Crippen molar-refractivity contribution < 1.29 is 19.3 Å². The summed E-state index contributed by atoms with van der Waals surface area (Å²) < 4.78 is 16.9. The summed E-state index contributed by atoms with van der Waals surface area (Å²) >= 11 is 6.18. The molecule has 1 fully saturated rings. The number of benzene rings is 2. The van der Waals surface area contributed by atoms with Crippen molar-refractivity contribution in [3.05, 3.63) is 53.6 Å². The van der Waals surface area contributed by atoms with Crippen molar-refractivity contribution in [2.75, 3.05) is 25.3 Å². The molecule has 1 unspecified atom stereocenters. The molecular formula is C23H21ClN2O4. The molecule has 30 heavy (non-hydrogen) atoms. The number of anilines is 1. The quantitative estimate of drug-likeness (QED) is 0.594. The number of hydrogen-bond donors (Lipinski definition) is 2.